The van der Waals surface area contributed by atoms with Crippen LogP contribution in [0.15, 0.2) is 33.9 Å². The highest BCUT2D eigenvalue weighted by Gasteiger charge is 2.09. The van der Waals surface area contributed by atoms with Gasteiger partial charge in [-0.05, 0) is 24.6 Å². The molecule has 94 valence electrons. The molecule has 0 heterocycles. The van der Waals surface area contributed by atoms with E-state index in [0.29, 0.717) is 6.54 Å². The first-order valence-corrected chi connectivity index (χ1v) is 6.38. The summed E-state index contributed by atoms with van der Waals surface area (Å²) in [5, 5.41) is 11.6. The number of benzene rings is 1. The summed E-state index contributed by atoms with van der Waals surface area (Å²) >= 11 is 3.52. The fourth-order valence-corrected chi connectivity index (χ4v) is 2.07. The molecule has 0 radical (unpaired) electrons. The zero-order valence-electron chi connectivity index (χ0n) is 9.93. The molecule has 1 rings (SSSR count). The van der Waals surface area contributed by atoms with Gasteiger partial charge < -0.3 is 10.9 Å². The Balaban J connectivity index is 2.69. The Morgan fingerprint density at radius 2 is 2.18 bits per heavy atom. The van der Waals surface area contributed by atoms with Gasteiger partial charge in [-0.2, -0.15) is 0 Å². The van der Waals surface area contributed by atoms with Crippen LogP contribution in [0.5, 0.6) is 0 Å². The number of nitrogens with two attached hydrogens (primary N) is 1. The van der Waals surface area contributed by atoms with E-state index in [0.717, 1.165) is 24.0 Å². The van der Waals surface area contributed by atoms with Gasteiger partial charge in [0.1, 0.15) is 0 Å². The van der Waals surface area contributed by atoms with Crippen molar-refractivity contribution >= 4 is 21.8 Å². The van der Waals surface area contributed by atoms with Crippen molar-refractivity contribution in [3.05, 3.63) is 34.3 Å². The lowest BCUT2D eigenvalue weighted by Crippen LogP contribution is -2.34. The molecule has 0 atom stereocenters. The number of nitrogens with zero attached hydrogens (tertiary/aromatic N) is 2. The first kappa shape index (κ1) is 14.0. The average Bonchev–Trinajstić information content (AvgIpc) is 2.32. The second-order valence-corrected chi connectivity index (χ2v) is 4.75. The van der Waals surface area contributed by atoms with Gasteiger partial charge in [-0.25, -0.2) is 0 Å². The molecule has 0 saturated carbocycles. The van der Waals surface area contributed by atoms with E-state index in [1.54, 1.807) is 0 Å². The van der Waals surface area contributed by atoms with Crippen LogP contribution in [0.1, 0.15) is 18.9 Å². The Labute approximate surface area is 110 Å². The molecule has 5 heteroatoms. The highest BCUT2D eigenvalue weighted by molar-refractivity contribution is 9.10. The molecule has 17 heavy (non-hydrogen) atoms. The summed E-state index contributed by atoms with van der Waals surface area (Å²) < 4.78 is 1.08. The molecular weight excluding hydrogens is 282 g/mol. The van der Waals surface area contributed by atoms with Crippen LogP contribution in [0.25, 0.3) is 0 Å². The molecule has 1 aromatic carbocycles. The number of amidine groups is 1. The maximum Gasteiger partial charge on any atom is 0.153 e. The van der Waals surface area contributed by atoms with Gasteiger partial charge in [0, 0.05) is 11.0 Å². The normalized spacial score (nSPS) is 12.1. The van der Waals surface area contributed by atoms with Gasteiger partial charge >= 0.3 is 0 Å². The Kier molecular flexibility index (Phi) is 6.00. The Bertz CT molecular complexity index is 382. The van der Waals surface area contributed by atoms with Gasteiger partial charge in [-0.15, -0.1) is 0 Å². The third-order valence-electron chi connectivity index (χ3n) is 2.41. The topological polar surface area (TPSA) is 61.8 Å². The maximum absolute atomic E-state index is 8.60. The van der Waals surface area contributed by atoms with Crippen LogP contribution in [-0.2, 0) is 6.54 Å². The molecule has 0 fully saturated rings. The molecule has 3 N–H and O–H groups in total. The third kappa shape index (κ3) is 4.75. The summed E-state index contributed by atoms with van der Waals surface area (Å²) in [6, 6.07) is 8.08. The monoisotopic (exact) mass is 299 g/mol. The molecule has 0 amide bonds. The number of hydrogen-bond acceptors (Lipinski definition) is 3. The summed E-state index contributed by atoms with van der Waals surface area (Å²) in [6.45, 7) is 4.29. The van der Waals surface area contributed by atoms with Crippen molar-refractivity contribution in [2.45, 2.75) is 19.9 Å². The lowest BCUT2D eigenvalue weighted by atomic mass is 10.2. The minimum Gasteiger partial charge on any atom is -0.409 e. The number of oxime groups is 1. The Hall–Kier alpha value is -1.07. The lowest BCUT2D eigenvalue weighted by molar-refractivity contribution is 0.285. The van der Waals surface area contributed by atoms with Crippen LogP contribution in [0.4, 0.5) is 0 Å². The molecule has 0 aliphatic carbocycles. The van der Waals surface area contributed by atoms with Crippen LogP contribution in [-0.4, -0.2) is 29.0 Å². The molecule has 0 saturated heterocycles. The number of hydrogen-bond donors (Lipinski definition) is 2. The Morgan fingerprint density at radius 3 is 2.76 bits per heavy atom. The third-order valence-corrected chi connectivity index (χ3v) is 3.18. The van der Waals surface area contributed by atoms with Gasteiger partial charge in [-0.1, -0.05) is 46.2 Å². The van der Waals surface area contributed by atoms with Gasteiger partial charge in [0.2, 0.25) is 0 Å². The van der Waals surface area contributed by atoms with E-state index in [2.05, 4.69) is 39.0 Å². The van der Waals surface area contributed by atoms with Crippen molar-refractivity contribution in [2.24, 2.45) is 10.9 Å². The smallest absolute Gasteiger partial charge is 0.153 e. The van der Waals surface area contributed by atoms with Crippen molar-refractivity contribution < 1.29 is 5.21 Å². The summed E-state index contributed by atoms with van der Waals surface area (Å²) in [5.41, 5.74) is 6.74. The minimum atomic E-state index is 0.241. The second-order valence-electron chi connectivity index (χ2n) is 3.89. The maximum atomic E-state index is 8.60. The van der Waals surface area contributed by atoms with Crippen LogP contribution >= 0.6 is 15.9 Å². The van der Waals surface area contributed by atoms with Gasteiger partial charge in [0.05, 0.1) is 6.54 Å². The predicted molar refractivity (Wildman–Crippen MR) is 73.1 cm³/mol. The van der Waals surface area contributed by atoms with E-state index in [1.807, 2.05) is 18.2 Å². The first-order chi connectivity index (χ1) is 8.17. The van der Waals surface area contributed by atoms with Crippen LogP contribution in [0.3, 0.4) is 0 Å². The van der Waals surface area contributed by atoms with Crippen molar-refractivity contribution in [3.8, 4) is 0 Å². The van der Waals surface area contributed by atoms with Crippen molar-refractivity contribution in [1.29, 1.82) is 0 Å². The molecule has 4 nitrogen and oxygen atoms in total. The molecule has 1 aromatic rings. The predicted octanol–water partition coefficient (Wildman–Crippen LogP) is 2.41. The molecule has 0 bridgehead atoms. The first-order valence-electron chi connectivity index (χ1n) is 5.59. The van der Waals surface area contributed by atoms with Gasteiger partial charge in [0.15, 0.2) is 5.84 Å². The van der Waals surface area contributed by atoms with E-state index in [-0.39, 0.29) is 5.84 Å². The van der Waals surface area contributed by atoms with E-state index in [1.165, 1.54) is 5.56 Å². The zero-order valence-corrected chi connectivity index (χ0v) is 11.5. The standard InChI is InChI=1S/C12H18BrN3O/c1-2-7-16(9-12(14)15-17)8-10-5-3-4-6-11(10)13/h3-6,17H,2,7-9H2,1H3,(H2,14,15). The molecule has 0 unspecified atom stereocenters. The van der Waals surface area contributed by atoms with Crippen molar-refractivity contribution in [3.63, 3.8) is 0 Å². The summed E-state index contributed by atoms with van der Waals surface area (Å²) in [6.07, 6.45) is 1.03. The number of halogens is 1. The summed E-state index contributed by atoms with van der Waals surface area (Å²) in [7, 11) is 0. The number of rotatable bonds is 6. The zero-order chi connectivity index (χ0) is 12.7. The van der Waals surface area contributed by atoms with Gasteiger partial charge in [-0.3, -0.25) is 4.90 Å². The molecule has 0 spiro atoms. The highest BCUT2D eigenvalue weighted by atomic mass is 79.9. The quantitative estimate of drug-likeness (QED) is 0.367. The van der Waals surface area contributed by atoms with Crippen molar-refractivity contribution in [1.82, 2.24) is 4.90 Å². The van der Waals surface area contributed by atoms with Crippen LogP contribution in [0.2, 0.25) is 0 Å². The molecule has 0 aliphatic rings. The van der Waals surface area contributed by atoms with E-state index in [9.17, 15) is 0 Å². The fourth-order valence-electron chi connectivity index (χ4n) is 1.66. The minimum absolute atomic E-state index is 0.241. The summed E-state index contributed by atoms with van der Waals surface area (Å²) in [5.74, 6) is 0.241. The lowest BCUT2D eigenvalue weighted by Gasteiger charge is -2.21. The SMILES string of the molecule is CCCN(CC(N)=NO)Cc1ccccc1Br. The van der Waals surface area contributed by atoms with E-state index in [4.69, 9.17) is 10.9 Å². The van der Waals surface area contributed by atoms with E-state index >= 15 is 0 Å². The largest absolute Gasteiger partial charge is 0.409 e. The second kappa shape index (κ2) is 7.29. The van der Waals surface area contributed by atoms with Gasteiger partial charge in [0.25, 0.3) is 0 Å². The Morgan fingerprint density at radius 1 is 1.47 bits per heavy atom. The van der Waals surface area contributed by atoms with Crippen LogP contribution in [0, 0.1) is 0 Å². The molecule has 0 aliphatic heterocycles. The average molecular weight is 300 g/mol. The van der Waals surface area contributed by atoms with Crippen molar-refractivity contribution in [2.75, 3.05) is 13.1 Å². The molecule has 0 aromatic heterocycles. The summed E-state index contributed by atoms with van der Waals surface area (Å²) in [4.78, 5) is 2.15. The van der Waals surface area contributed by atoms with Crippen LogP contribution < -0.4 is 5.73 Å². The fraction of sp³-hybridized carbons (Fsp3) is 0.417. The molecular formula is C12H18BrN3O. The van der Waals surface area contributed by atoms with E-state index < -0.39 is 0 Å². The highest BCUT2D eigenvalue weighted by Crippen LogP contribution is 2.17.